The van der Waals surface area contributed by atoms with Gasteiger partial charge in [0.25, 0.3) is 5.91 Å². The zero-order valence-corrected chi connectivity index (χ0v) is 20.3. The molecule has 0 unspecified atom stereocenters. The highest BCUT2D eigenvalue weighted by Gasteiger charge is 2.28. The van der Waals surface area contributed by atoms with Gasteiger partial charge in [-0.15, -0.1) is 11.3 Å². The molecule has 1 amide bonds. The summed E-state index contributed by atoms with van der Waals surface area (Å²) < 4.78 is 36.3. The van der Waals surface area contributed by atoms with Crippen LogP contribution in [-0.2, 0) is 37.1 Å². The molecule has 178 valence electrons. The standard InChI is InChI=1S/C22H26N2O7S2/c1-4-24(5-2)33(28,29)15-11-9-14(10-12-15)21(26)31-13-18(25)23-20-19(22(27)30-3)16-7-6-8-17(16)32-20/h9-12H,4-8,13H2,1-3H3,(H,23,25). The van der Waals surface area contributed by atoms with Crippen LogP contribution in [0.3, 0.4) is 0 Å². The number of thiophene rings is 1. The van der Waals surface area contributed by atoms with Crippen molar-refractivity contribution in [1.82, 2.24) is 4.31 Å². The molecule has 1 N–H and O–H groups in total. The third-order valence-corrected chi connectivity index (χ3v) is 8.60. The van der Waals surface area contributed by atoms with Gasteiger partial charge in [-0.05, 0) is 49.1 Å². The van der Waals surface area contributed by atoms with Gasteiger partial charge in [-0.3, -0.25) is 4.79 Å². The number of aryl methyl sites for hydroxylation is 1. The maximum atomic E-state index is 12.5. The van der Waals surface area contributed by atoms with E-state index in [1.54, 1.807) is 13.8 Å². The lowest BCUT2D eigenvalue weighted by Gasteiger charge is -2.18. The number of nitrogens with one attached hydrogen (secondary N) is 1. The van der Waals surface area contributed by atoms with Crippen LogP contribution in [0.2, 0.25) is 0 Å². The fraction of sp³-hybridized carbons (Fsp3) is 0.409. The van der Waals surface area contributed by atoms with E-state index in [0.29, 0.717) is 23.7 Å². The number of rotatable bonds is 9. The molecule has 11 heteroatoms. The van der Waals surface area contributed by atoms with Crippen molar-refractivity contribution in [2.75, 3.05) is 32.1 Å². The average molecular weight is 495 g/mol. The van der Waals surface area contributed by atoms with Crippen molar-refractivity contribution in [3.05, 3.63) is 45.8 Å². The van der Waals surface area contributed by atoms with E-state index in [0.717, 1.165) is 29.7 Å². The number of carbonyl (C=O) groups is 3. The minimum Gasteiger partial charge on any atom is -0.465 e. The second-order valence-corrected chi connectivity index (χ2v) is 10.3. The number of esters is 2. The van der Waals surface area contributed by atoms with Crippen molar-refractivity contribution in [3.8, 4) is 0 Å². The lowest BCUT2D eigenvalue weighted by atomic mass is 10.1. The van der Waals surface area contributed by atoms with Crippen LogP contribution in [0.15, 0.2) is 29.2 Å². The molecule has 33 heavy (non-hydrogen) atoms. The maximum absolute atomic E-state index is 12.5. The highest BCUT2D eigenvalue weighted by molar-refractivity contribution is 7.89. The highest BCUT2D eigenvalue weighted by atomic mass is 32.2. The summed E-state index contributed by atoms with van der Waals surface area (Å²) in [4.78, 5) is 37.9. The summed E-state index contributed by atoms with van der Waals surface area (Å²) in [5.41, 5.74) is 1.38. The zero-order valence-electron chi connectivity index (χ0n) is 18.7. The molecular weight excluding hydrogens is 468 g/mol. The van der Waals surface area contributed by atoms with Gasteiger partial charge in [0.1, 0.15) is 5.00 Å². The SMILES string of the molecule is CCN(CC)S(=O)(=O)c1ccc(C(=O)OCC(=O)Nc2sc3c(c2C(=O)OC)CCC3)cc1. The maximum Gasteiger partial charge on any atom is 0.341 e. The molecule has 0 atom stereocenters. The van der Waals surface area contributed by atoms with E-state index in [-0.39, 0.29) is 10.5 Å². The molecule has 1 heterocycles. The van der Waals surface area contributed by atoms with E-state index < -0.39 is 34.5 Å². The van der Waals surface area contributed by atoms with Crippen LogP contribution in [-0.4, -0.2) is 57.4 Å². The highest BCUT2D eigenvalue weighted by Crippen LogP contribution is 2.39. The van der Waals surface area contributed by atoms with Crippen molar-refractivity contribution >= 4 is 44.2 Å². The van der Waals surface area contributed by atoms with Crippen LogP contribution in [0.1, 0.15) is 51.4 Å². The van der Waals surface area contributed by atoms with Gasteiger partial charge >= 0.3 is 11.9 Å². The molecule has 0 bridgehead atoms. The van der Waals surface area contributed by atoms with Gasteiger partial charge in [0.15, 0.2) is 6.61 Å². The van der Waals surface area contributed by atoms with E-state index in [1.165, 1.54) is 47.0 Å². The first kappa shape index (κ1) is 24.9. The summed E-state index contributed by atoms with van der Waals surface area (Å²) in [5.74, 6) is -1.87. The Kier molecular flexibility index (Phi) is 7.88. The van der Waals surface area contributed by atoms with Crippen molar-refractivity contribution < 1.29 is 32.3 Å². The molecule has 0 aliphatic heterocycles. The minimum atomic E-state index is -3.64. The van der Waals surface area contributed by atoms with Gasteiger partial charge in [0.2, 0.25) is 10.0 Å². The number of hydrogen-bond donors (Lipinski definition) is 1. The number of anilines is 1. The van der Waals surface area contributed by atoms with Crippen LogP contribution in [0, 0.1) is 0 Å². The fourth-order valence-electron chi connectivity index (χ4n) is 3.66. The first-order valence-electron chi connectivity index (χ1n) is 10.5. The average Bonchev–Trinajstić information content (AvgIpc) is 3.38. The molecule has 0 spiro atoms. The number of benzene rings is 1. The predicted octanol–water partition coefficient (Wildman–Crippen LogP) is 2.85. The number of methoxy groups -OCH3 is 1. The topological polar surface area (TPSA) is 119 Å². The summed E-state index contributed by atoms with van der Waals surface area (Å²) in [7, 11) is -2.35. The summed E-state index contributed by atoms with van der Waals surface area (Å²) in [5, 5.41) is 3.02. The largest absolute Gasteiger partial charge is 0.465 e. The molecule has 9 nitrogen and oxygen atoms in total. The third-order valence-electron chi connectivity index (χ3n) is 5.33. The smallest absolute Gasteiger partial charge is 0.341 e. The molecule has 3 rings (SSSR count). The Morgan fingerprint density at radius 2 is 1.73 bits per heavy atom. The Labute approximate surface area is 196 Å². The van der Waals surface area contributed by atoms with Crippen molar-refractivity contribution in [3.63, 3.8) is 0 Å². The monoisotopic (exact) mass is 494 g/mol. The van der Waals surface area contributed by atoms with Gasteiger partial charge in [-0.25, -0.2) is 18.0 Å². The second kappa shape index (κ2) is 10.4. The van der Waals surface area contributed by atoms with Gasteiger partial charge in [-0.2, -0.15) is 4.31 Å². The van der Waals surface area contributed by atoms with Crippen molar-refractivity contribution in [2.45, 2.75) is 38.0 Å². The first-order chi connectivity index (χ1) is 15.7. The van der Waals surface area contributed by atoms with Crippen LogP contribution in [0.25, 0.3) is 0 Å². The Bertz CT molecular complexity index is 1150. The van der Waals surface area contributed by atoms with Crippen LogP contribution < -0.4 is 5.32 Å². The Morgan fingerprint density at radius 1 is 1.06 bits per heavy atom. The molecule has 0 saturated carbocycles. The number of fused-ring (bicyclic) bond motifs is 1. The molecule has 1 aliphatic carbocycles. The summed E-state index contributed by atoms with van der Waals surface area (Å²) >= 11 is 1.33. The fourth-order valence-corrected chi connectivity index (χ4v) is 6.41. The van der Waals surface area contributed by atoms with Gasteiger partial charge < -0.3 is 14.8 Å². The zero-order chi connectivity index (χ0) is 24.2. The molecule has 0 radical (unpaired) electrons. The summed E-state index contributed by atoms with van der Waals surface area (Å²) in [6, 6.07) is 5.35. The Balaban J connectivity index is 1.63. The number of carbonyl (C=O) groups excluding carboxylic acids is 3. The predicted molar refractivity (Wildman–Crippen MR) is 123 cm³/mol. The number of amides is 1. The quantitative estimate of drug-likeness (QED) is 0.533. The second-order valence-electron chi connectivity index (χ2n) is 7.29. The van der Waals surface area contributed by atoms with E-state index in [9.17, 15) is 22.8 Å². The number of sulfonamides is 1. The Hall–Kier alpha value is -2.76. The first-order valence-corrected chi connectivity index (χ1v) is 12.8. The van der Waals surface area contributed by atoms with Crippen molar-refractivity contribution in [2.24, 2.45) is 0 Å². The molecule has 1 aliphatic rings. The summed E-state index contributed by atoms with van der Waals surface area (Å²) in [6.45, 7) is 3.61. The lowest BCUT2D eigenvalue weighted by molar-refractivity contribution is -0.119. The molecule has 1 aromatic heterocycles. The number of hydrogen-bond acceptors (Lipinski definition) is 8. The number of nitrogens with zero attached hydrogens (tertiary/aromatic N) is 1. The third kappa shape index (κ3) is 5.26. The van der Waals surface area contributed by atoms with Gasteiger partial charge in [0.05, 0.1) is 23.1 Å². The van der Waals surface area contributed by atoms with E-state index in [1.807, 2.05) is 0 Å². The molecule has 2 aromatic rings. The van der Waals surface area contributed by atoms with E-state index in [4.69, 9.17) is 9.47 Å². The lowest BCUT2D eigenvalue weighted by Crippen LogP contribution is -2.30. The minimum absolute atomic E-state index is 0.0709. The molecule has 0 saturated heterocycles. The van der Waals surface area contributed by atoms with Crippen LogP contribution in [0.5, 0.6) is 0 Å². The van der Waals surface area contributed by atoms with Crippen molar-refractivity contribution in [1.29, 1.82) is 0 Å². The molecule has 1 aromatic carbocycles. The summed E-state index contributed by atoms with van der Waals surface area (Å²) in [6.07, 6.45) is 2.54. The van der Waals surface area contributed by atoms with Crippen LogP contribution >= 0.6 is 11.3 Å². The van der Waals surface area contributed by atoms with Crippen LogP contribution in [0.4, 0.5) is 5.00 Å². The van der Waals surface area contributed by atoms with Gasteiger partial charge in [-0.1, -0.05) is 13.8 Å². The normalized spacial score (nSPS) is 13.0. The molecular formula is C22H26N2O7S2. The Morgan fingerprint density at radius 3 is 2.33 bits per heavy atom. The number of ether oxygens (including phenoxy) is 2. The molecule has 0 fully saturated rings. The van der Waals surface area contributed by atoms with E-state index in [2.05, 4.69) is 5.32 Å². The van der Waals surface area contributed by atoms with E-state index >= 15 is 0 Å². The van der Waals surface area contributed by atoms with Gasteiger partial charge in [0, 0.05) is 18.0 Å².